The number of benzene rings is 1. The summed E-state index contributed by atoms with van der Waals surface area (Å²) < 4.78 is 1.63. The highest BCUT2D eigenvalue weighted by atomic mass is 32.1. The van der Waals surface area contributed by atoms with E-state index in [4.69, 9.17) is 0 Å². The van der Waals surface area contributed by atoms with Crippen molar-refractivity contribution in [3.63, 3.8) is 0 Å². The van der Waals surface area contributed by atoms with E-state index < -0.39 is 0 Å². The van der Waals surface area contributed by atoms with Gasteiger partial charge in [-0.05, 0) is 37.5 Å². The molecule has 2 aromatic heterocycles. The van der Waals surface area contributed by atoms with Crippen LogP contribution in [0.25, 0.3) is 0 Å². The first kappa shape index (κ1) is 20.0. The van der Waals surface area contributed by atoms with Crippen LogP contribution in [0.1, 0.15) is 32.1 Å². The van der Waals surface area contributed by atoms with Crippen LogP contribution in [-0.2, 0) is 19.4 Å². The fraction of sp³-hybridized carbons (Fsp3) is 0.318. The number of thiazole rings is 1. The van der Waals surface area contributed by atoms with Crippen LogP contribution < -0.4 is 5.56 Å². The number of aryl methyl sites for hydroxylation is 4. The van der Waals surface area contributed by atoms with Crippen molar-refractivity contribution >= 4 is 17.2 Å². The Morgan fingerprint density at radius 2 is 1.89 bits per heavy atom. The lowest BCUT2D eigenvalue weighted by Gasteiger charge is -2.18. The Bertz CT molecular complexity index is 1010. The van der Waals surface area contributed by atoms with Gasteiger partial charge in [0.1, 0.15) is 5.56 Å². The van der Waals surface area contributed by atoms with E-state index >= 15 is 0 Å². The topological polar surface area (TPSA) is 55.2 Å². The third-order valence-corrected chi connectivity index (χ3v) is 5.93. The molecule has 0 N–H and O–H groups in total. The van der Waals surface area contributed by atoms with Crippen LogP contribution in [0.2, 0.25) is 0 Å². The Morgan fingerprint density at radius 3 is 2.57 bits per heavy atom. The van der Waals surface area contributed by atoms with Gasteiger partial charge >= 0.3 is 0 Å². The number of aromatic nitrogens is 2. The number of carbonyl (C=O) groups is 1. The maximum absolute atomic E-state index is 13.0. The molecule has 28 heavy (non-hydrogen) atoms. The lowest BCUT2D eigenvalue weighted by Crippen LogP contribution is -2.36. The van der Waals surface area contributed by atoms with Crippen LogP contribution in [0.3, 0.4) is 0 Å². The summed E-state index contributed by atoms with van der Waals surface area (Å²) in [7, 11) is 1.75. The van der Waals surface area contributed by atoms with E-state index in [9.17, 15) is 9.59 Å². The molecule has 0 aliphatic rings. The van der Waals surface area contributed by atoms with E-state index in [0.29, 0.717) is 18.7 Å². The van der Waals surface area contributed by atoms with Crippen molar-refractivity contribution in [2.75, 3.05) is 13.6 Å². The summed E-state index contributed by atoms with van der Waals surface area (Å²) in [5.41, 5.74) is 4.75. The van der Waals surface area contributed by atoms with Crippen molar-refractivity contribution in [1.82, 2.24) is 14.5 Å². The number of rotatable bonds is 7. The minimum Gasteiger partial charge on any atom is -0.341 e. The van der Waals surface area contributed by atoms with Gasteiger partial charge in [0.15, 0.2) is 0 Å². The average Bonchev–Trinajstić information content (AvgIpc) is 3.11. The third kappa shape index (κ3) is 4.57. The number of hydrogen-bond acceptors (Lipinski definition) is 4. The lowest BCUT2D eigenvalue weighted by molar-refractivity contribution is 0.0793. The van der Waals surface area contributed by atoms with Crippen LogP contribution >= 0.6 is 11.3 Å². The fourth-order valence-electron chi connectivity index (χ4n) is 3.12. The number of hydrogen-bond donors (Lipinski definition) is 0. The maximum Gasteiger partial charge on any atom is 0.263 e. The highest BCUT2D eigenvalue weighted by molar-refractivity contribution is 7.09. The molecule has 0 fully saturated rings. The zero-order valence-corrected chi connectivity index (χ0v) is 17.3. The van der Waals surface area contributed by atoms with Crippen molar-refractivity contribution in [3.8, 4) is 0 Å². The average molecular weight is 396 g/mol. The summed E-state index contributed by atoms with van der Waals surface area (Å²) in [5.74, 6) is -0.223. The van der Waals surface area contributed by atoms with E-state index in [0.717, 1.165) is 18.5 Å². The van der Waals surface area contributed by atoms with Gasteiger partial charge in [0.2, 0.25) is 0 Å². The Labute approximate surface area is 169 Å². The van der Waals surface area contributed by atoms with Crippen molar-refractivity contribution in [1.29, 1.82) is 0 Å². The van der Waals surface area contributed by atoms with Gasteiger partial charge in [-0.25, -0.2) is 4.98 Å². The molecule has 146 valence electrons. The van der Waals surface area contributed by atoms with Crippen LogP contribution in [0.5, 0.6) is 0 Å². The summed E-state index contributed by atoms with van der Waals surface area (Å²) in [6.45, 7) is 4.89. The molecule has 0 saturated carbocycles. The molecule has 0 radical (unpaired) electrons. The predicted octanol–water partition coefficient (Wildman–Crippen LogP) is 3.48. The first-order chi connectivity index (χ1) is 13.5. The van der Waals surface area contributed by atoms with Crippen molar-refractivity contribution in [2.45, 2.75) is 33.2 Å². The summed E-state index contributed by atoms with van der Waals surface area (Å²) in [6, 6.07) is 11.9. The van der Waals surface area contributed by atoms with Crippen LogP contribution in [0.15, 0.2) is 52.9 Å². The second-order valence-corrected chi connectivity index (χ2v) is 7.88. The summed E-state index contributed by atoms with van der Waals surface area (Å²) in [5, 5.41) is 0. The molecule has 0 bridgehead atoms. The zero-order valence-electron chi connectivity index (χ0n) is 16.5. The number of carbonyl (C=O) groups excluding carboxylic acids is 1. The van der Waals surface area contributed by atoms with Gasteiger partial charge < -0.3 is 9.47 Å². The zero-order chi connectivity index (χ0) is 20.1. The molecule has 5 nitrogen and oxygen atoms in total. The van der Waals surface area contributed by atoms with E-state index in [-0.39, 0.29) is 17.0 Å². The summed E-state index contributed by atoms with van der Waals surface area (Å²) in [6.07, 6.45) is 3.27. The SMILES string of the molecule is Cc1ccn(CCc2ccccc2)c(=O)c1C(=O)N(C)CCc1scnc1C. The highest BCUT2D eigenvalue weighted by Gasteiger charge is 2.20. The molecule has 0 saturated heterocycles. The van der Waals surface area contributed by atoms with E-state index in [1.807, 2.05) is 55.8 Å². The van der Waals surface area contributed by atoms with Gasteiger partial charge in [0.05, 0.1) is 11.2 Å². The van der Waals surface area contributed by atoms with Gasteiger partial charge in [0.25, 0.3) is 11.5 Å². The number of amides is 1. The Hall–Kier alpha value is -2.73. The van der Waals surface area contributed by atoms with E-state index in [2.05, 4.69) is 4.98 Å². The first-order valence-electron chi connectivity index (χ1n) is 9.35. The van der Waals surface area contributed by atoms with E-state index in [1.165, 1.54) is 10.4 Å². The summed E-state index contributed by atoms with van der Waals surface area (Å²) in [4.78, 5) is 33.0. The maximum atomic E-state index is 13.0. The van der Waals surface area contributed by atoms with Crippen molar-refractivity contribution in [3.05, 3.63) is 85.7 Å². The molecule has 6 heteroatoms. The van der Waals surface area contributed by atoms with Crippen LogP contribution in [-0.4, -0.2) is 34.0 Å². The van der Waals surface area contributed by atoms with Gasteiger partial charge in [-0.15, -0.1) is 11.3 Å². The molecule has 2 heterocycles. The van der Waals surface area contributed by atoms with Gasteiger partial charge in [-0.3, -0.25) is 9.59 Å². The quantitative estimate of drug-likeness (QED) is 0.615. The molecule has 0 aliphatic carbocycles. The predicted molar refractivity (Wildman–Crippen MR) is 113 cm³/mol. The van der Waals surface area contributed by atoms with Crippen molar-refractivity contribution < 1.29 is 4.79 Å². The monoisotopic (exact) mass is 395 g/mol. The second-order valence-electron chi connectivity index (χ2n) is 6.95. The molecule has 0 aliphatic heterocycles. The van der Waals surface area contributed by atoms with Crippen LogP contribution in [0, 0.1) is 13.8 Å². The van der Waals surface area contributed by atoms with E-state index in [1.54, 1.807) is 34.0 Å². The fourth-order valence-corrected chi connectivity index (χ4v) is 3.89. The molecule has 1 amide bonds. The first-order valence-corrected chi connectivity index (χ1v) is 10.2. The summed E-state index contributed by atoms with van der Waals surface area (Å²) >= 11 is 1.60. The molecule has 1 aromatic carbocycles. The lowest BCUT2D eigenvalue weighted by atomic mass is 10.1. The standard InChI is InChI=1S/C22H25N3O2S/c1-16-9-13-25(14-10-18-7-5-4-6-8-18)22(27)20(16)21(26)24(3)12-11-19-17(2)23-15-28-19/h4-9,13,15H,10-12,14H2,1-3H3. The number of nitrogens with zero attached hydrogens (tertiary/aromatic N) is 3. The molecule has 3 rings (SSSR count). The Morgan fingerprint density at radius 1 is 1.14 bits per heavy atom. The third-order valence-electron chi connectivity index (χ3n) is 4.94. The normalized spacial score (nSPS) is 10.8. The Balaban J connectivity index is 1.73. The molecule has 0 unspecified atom stereocenters. The second kappa shape index (κ2) is 8.97. The van der Waals surface area contributed by atoms with Gasteiger partial charge in [0, 0.05) is 37.6 Å². The minimum atomic E-state index is -0.223. The largest absolute Gasteiger partial charge is 0.341 e. The van der Waals surface area contributed by atoms with Crippen LogP contribution in [0.4, 0.5) is 0 Å². The van der Waals surface area contributed by atoms with Crippen molar-refractivity contribution in [2.24, 2.45) is 0 Å². The minimum absolute atomic E-state index is 0.221. The Kier molecular flexibility index (Phi) is 6.41. The molecule has 0 spiro atoms. The molecule has 3 aromatic rings. The number of pyridine rings is 1. The highest BCUT2D eigenvalue weighted by Crippen LogP contribution is 2.14. The smallest absolute Gasteiger partial charge is 0.263 e. The number of likely N-dealkylation sites (N-methyl/N-ethyl adjacent to an activating group) is 1. The molecule has 0 atom stereocenters. The van der Waals surface area contributed by atoms with Gasteiger partial charge in [-0.2, -0.15) is 0 Å². The molecular formula is C22H25N3O2S. The van der Waals surface area contributed by atoms with Gasteiger partial charge in [-0.1, -0.05) is 30.3 Å². The molecular weight excluding hydrogens is 370 g/mol.